The molecule has 0 N–H and O–H groups in total. The number of benzene rings is 4. The maximum absolute atomic E-state index is 11.2. The molecule has 1 aliphatic rings. The first-order chi connectivity index (χ1) is 22.5. The first kappa shape index (κ1) is 34.6. The lowest BCUT2D eigenvalue weighted by Gasteiger charge is -2.44. The zero-order valence-corrected chi connectivity index (χ0v) is 29.5. The normalized spacial score (nSPS) is 18.0. The second-order valence-electron chi connectivity index (χ2n) is 14.5. The fourth-order valence-electron chi connectivity index (χ4n) is 7.47. The first-order valence-corrected chi connectivity index (χ1v) is 16.6. The number of nitrogens with zero attached hydrogens (tertiary/aromatic N) is 2. The summed E-state index contributed by atoms with van der Waals surface area (Å²) >= 11 is 0. The lowest BCUT2D eigenvalue weighted by atomic mass is 9.60. The molecule has 1 saturated carbocycles. The molecule has 0 spiro atoms. The number of aryl methyl sites for hydroxylation is 6. The van der Waals surface area contributed by atoms with Crippen LogP contribution < -0.4 is 9.47 Å². The highest BCUT2D eigenvalue weighted by atomic mass is 16.6. The lowest BCUT2D eigenvalue weighted by Crippen LogP contribution is -2.37. The van der Waals surface area contributed by atoms with Crippen LogP contribution in [-0.4, -0.2) is 9.85 Å². The maximum Gasteiger partial charge on any atom is 0.272 e. The highest BCUT2D eigenvalue weighted by Gasteiger charge is 2.40. The summed E-state index contributed by atoms with van der Waals surface area (Å²) in [6.07, 6.45) is 4.39. The van der Waals surface area contributed by atoms with Gasteiger partial charge in [0, 0.05) is 23.3 Å². The molecule has 0 heterocycles. The number of hydrogen-bond acceptors (Lipinski definition) is 6. The SMILES string of the molecule is Cc1cc(Oc2c(C)cc(C3(C)CCC(C(C)(C)c4cc(C)c(Oc5ccc([N+](=O)[O-])c(C)c5)c(C)c4)CC3)cc2C)ccc1[N+](=O)[O-]. The van der Waals surface area contributed by atoms with Crippen molar-refractivity contribution in [2.45, 2.75) is 98.8 Å². The molecule has 4 aromatic carbocycles. The van der Waals surface area contributed by atoms with Gasteiger partial charge in [0.25, 0.3) is 11.4 Å². The van der Waals surface area contributed by atoms with E-state index >= 15 is 0 Å². The van der Waals surface area contributed by atoms with Crippen LogP contribution in [0, 0.1) is 67.7 Å². The fraction of sp³-hybridized carbons (Fsp3) is 0.400. The Labute approximate surface area is 283 Å². The number of rotatable bonds is 9. The van der Waals surface area contributed by atoms with Crippen LogP contribution >= 0.6 is 0 Å². The Morgan fingerprint density at radius 2 is 1.04 bits per heavy atom. The molecule has 252 valence electrons. The highest BCUT2D eigenvalue weighted by Crippen LogP contribution is 2.49. The van der Waals surface area contributed by atoms with E-state index in [1.54, 1.807) is 38.1 Å². The number of nitro groups is 2. The molecule has 0 unspecified atom stereocenters. The molecule has 0 aromatic heterocycles. The largest absolute Gasteiger partial charge is 0.457 e. The van der Waals surface area contributed by atoms with Gasteiger partial charge in [-0.15, -0.1) is 0 Å². The van der Waals surface area contributed by atoms with Crippen molar-refractivity contribution in [2.24, 2.45) is 5.92 Å². The minimum Gasteiger partial charge on any atom is -0.457 e. The number of nitro benzene ring substituents is 2. The Kier molecular flexibility index (Phi) is 9.42. The zero-order chi connectivity index (χ0) is 35.1. The topological polar surface area (TPSA) is 105 Å². The van der Waals surface area contributed by atoms with Gasteiger partial charge < -0.3 is 9.47 Å². The van der Waals surface area contributed by atoms with E-state index in [4.69, 9.17) is 9.47 Å². The van der Waals surface area contributed by atoms with Crippen molar-refractivity contribution < 1.29 is 19.3 Å². The van der Waals surface area contributed by atoms with E-state index < -0.39 is 0 Å². The van der Waals surface area contributed by atoms with E-state index in [9.17, 15) is 20.2 Å². The second-order valence-corrected chi connectivity index (χ2v) is 14.5. The summed E-state index contributed by atoms with van der Waals surface area (Å²) in [5, 5.41) is 22.5. The average Bonchev–Trinajstić information content (AvgIpc) is 3.00. The van der Waals surface area contributed by atoms with E-state index in [-0.39, 0.29) is 32.1 Å². The smallest absolute Gasteiger partial charge is 0.272 e. The minimum absolute atomic E-state index is 0.0360. The van der Waals surface area contributed by atoms with Crippen molar-refractivity contribution in [3.8, 4) is 23.0 Å². The quantitative estimate of drug-likeness (QED) is 0.132. The molecule has 8 nitrogen and oxygen atoms in total. The van der Waals surface area contributed by atoms with E-state index in [0.29, 0.717) is 28.5 Å². The summed E-state index contributed by atoms with van der Waals surface area (Å²) in [6.45, 7) is 18.8. The van der Waals surface area contributed by atoms with E-state index in [1.807, 2.05) is 0 Å². The van der Waals surface area contributed by atoms with Gasteiger partial charge in [-0.25, -0.2) is 0 Å². The van der Waals surface area contributed by atoms with Crippen molar-refractivity contribution in [1.82, 2.24) is 0 Å². The Hall–Kier alpha value is -4.72. The van der Waals surface area contributed by atoms with Crippen LogP contribution in [0.2, 0.25) is 0 Å². The molecule has 5 rings (SSSR count). The average molecular weight is 651 g/mol. The van der Waals surface area contributed by atoms with Gasteiger partial charge in [-0.1, -0.05) is 45.0 Å². The standard InChI is InChI=1S/C40H46N2O6/c1-24-22-33(10-12-35(24)41(43)44)47-37-26(3)18-31(19-27(37)4)39(7,8)30-14-16-40(9,17-15-30)32-20-28(5)38(29(6)21-32)48-34-11-13-36(42(45)46)25(2)23-34/h10-13,18-23,30H,14-17H2,1-9H3. The highest BCUT2D eigenvalue weighted by molar-refractivity contribution is 5.52. The molecular formula is C40H46N2O6. The van der Waals surface area contributed by atoms with Gasteiger partial charge in [0.2, 0.25) is 0 Å². The third-order valence-electron chi connectivity index (χ3n) is 10.6. The molecule has 0 radical (unpaired) electrons. The summed E-state index contributed by atoms with van der Waals surface area (Å²) in [6, 6.07) is 18.7. The van der Waals surface area contributed by atoms with Crippen molar-refractivity contribution >= 4 is 11.4 Å². The zero-order valence-electron chi connectivity index (χ0n) is 29.5. The van der Waals surface area contributed by atoms with Crippen molar-refractivity contribution in [1.29, 1.82) is 0 Å². The molecular weight excluding hydrogens is 604 g/mol. The third-order valence-corrected chi connectivity index (χ3v) is 10.6. The Bertz CT molecular complexity index is 1860. The number of hydrogen-bond donors (Lipinski definition) is 0. The van der Waals surface area contributed by atoms with E-state index in [2.05, 4.69) is 72.7 Å². The molecule has 1 aliphatic carbocycles. The summed E-state index contributed by atoms with van der Waals surface area (Å²) in [5.41, 5.74) is 8.17. The van der Waals surface area contributed by atoms with Gasteiger partial charge in [0.15, 0.2) is 0 Å². The molecule has 4 aromatic rings. The molecule has 0 atom stereocenters. The molecule has 0 bridgehead atoms. The molecule has 1 fully saturated rings. The van der Waals surface area contributed by atoms with Gasteiger partial charge >= 0.3 is 0 Å². The minimum atomic E-state index is -0.375. The van der Waals surface area contributed by atoms with E-state index in [1.165, 1.54) is 23.3 Å². The van der Waals surface area contributed by atoms with Crippen LogP contribution in [0.25, 0.3) is 0 Å². The van der Waals surface area contributed by atoms with Crippen LogP contribution in [0.3, 0.4) is 0 Å². The molecule has 48 heavy (non-hydrogen) atoms. The van der Waals surface area contributed by atoms with Crippen LogP contribution in [0.15, 0.2) is 60.7 Å². The van der Waals surface area contributed by atoms with Crippen LogP contribution in [-0.2, 0) is 10.8 Å². The molecule has 0 aliphatic heterocycles. The van der Waals surface area contributed by atoms with Gasteiger partial charge in [0.1, 0.15) is 23.0 Å². The predicted octanol–water partition coefficient (Wildman–Crippen LogP) is 11.4. The van der Waals surface area contributed by atoms with E-state index in [0.717, 1.165) is 59.4 Å². The molecule has 0 saturated heterocycles. The van der Waals surface area contributed by atoms with Crippen LogP contribution in [0.4, 0.5) is 11.4 Å². The summed E-state index contributed by atoms with van der Waals surface area (Å²) < 4.78 is 12.5. The Morgan fingerprint density at radius 3 is 1.42 bits per heavy atom. The number of ether oxygens (including phenoxy) is 2. The Balaban J connectivity index is 1.30. The van der Waals surface area contributed by atoms with Crippen molar-refractivity contribution in [3.05, 3.63) is 125 Å². The van der Waals surface area contributed by atoms with Gasteiger partial charge in [-0.05, 0) is 142 Å². The van der Waals surface area contributed by atoms with Crippen molar-refractivity contribution in [2.75, 3.05) is 0 Å². The Morgan fingerprint density at radius 1 is 0.646 bits per heavy atom. The van der Waals surface area contributed by atoms with Crippen molar-refractivity contribution in [3.63, 3.8) is 0 Å². The maximum atomic E-state index is 11.2. The molecule has 0 amide bonds. The molecule has 8 heteroatoms. The summed E-state index contributed by atoms with van der Waals surface area (Å²) in [7, 11) is 0. The van der Waals surface area contributed by atoms with Gasteiger partial charge in [-0.3, -0.25) is 20.2 Å². The first-order valence-electron chi connectivity index (χ1n) is 16.6. The predicted molar refractivity (Wildman–Crippen MR) is 190 cm³/mol. The summed E-state index contributed by atoms with van der Waals surface area (Å²) in [5.74, 6) is 3.30. The fourth-order valence-corrected chi connectivity index (χ4v) is 7.47. The lowest BCUT2D eigenvalue weighted by molar-refractivity contribution is -0.385. The van der Waals surface area contributed by atoms with Crippen LogP contribution in [0.1, 0.15) is 91.0 Å². The second kappa shape index (κ2) is 13.1. The summed E-state index contributed by atoms with van der Waals surface area (Å²) in [4.78, 5) is 21.7. The third kappa shape index (κ3) is 6.80. The van der Waals surface area contributed by atoms with Crippen LogP contribution in [0.5, 0.6) is 23.0 Å². The monoisotopic (exact) mass is 650 g/mol. The van der Waals surface area contributed by atoms with Gasteiger partial charge in [0.05, 0.1) is 9.85 Å². The van der Waals surface area contributed by atoms with Gasteiger partial charge in [-0.2, -0.15) is 0 Å².